The zero-order valence-electron chi connectivity index (χ0n) is 18.1. The number of hydrogen-bond donors (Lipinski definition) is 3. The number of nitrogens with two attached hydrogens (primary N) is 1. The van der Waals surface area contributed by atoms with Crippen molar-refractivity contribution in [3.05, 3.63) is 36.4 Å². The number of anilines is 1. The smallest absolute Gasteiger partial charge is 0.241 e. The van der Waals surface area contributed by atoms with Gasteiger partial charge in [-0.3, -0.25) is 4.79 Å². The van der Waals surface area contributed by atoms with Crippen LogP contribution in [0.5, 0.6) is 0 Å². The Balaban J connectivity index is 2.35. The molecule has 0 spiro atoms. The molecule has 0 amide bonds. The van der Waals surface area contributed by atoms with Crippen molar-refractivity contribution in [2.75, 3.05) is 39.1 Å². The molecule has 0 unspecified atom stereocenters. The van der Waals surface area contributed by atoms with E-state index in [4.69, 9.17) is 5.73 Å². The Morgan fingerprint density at radius 3 is 2.43 bits per heavy atom. The van der Waals surface area contributed by atoms with E-state index in [-0.39, 0.29) is 10.7 Å². The van der Waals surface area contributed by atoms with Gasteiger partial charge in [0.25, 0.3) is 0 Å². The zero-order chi connectivity index (χ0) is 22.1. The standard InChI is InChI=1S/C22H34N4O3S/c1-24-16-8-13-21(27)19(11-4-5-15-23)25-30(28,29)22-14-7-9-17-18(22)10-6-12-20(17)26(2)3/h6-7,9-10,12,14,19,24-25H,4-5,8,11,13,15-16,23H2,1-3H3/t19-/m1/s1. The van der Waals surface area contributed by atoms with Crippen molar-refractivity contribution in [2.24, 2.45) is 5.73 Å². The van der Waals surface area contributed by atoms with E-state index in [2.05, 4.69) is 10.0 Å². The molecule has 0 heterocycles. The number of carbonyl (C=O) groups excluding carboxylic acids is 1. The summed E-state index contributed by atoms with van der Waals surface area (Å²) in [5, 5.41) is 4.50. The molecule has 0 radical (unpaired) electrons. The summed E-state index contributed by atoms with van der Waals surface area (Å²) in [4.78, 5) is 14.9. The Bertz CT molecular complexity index is 945. The first kappa shape index (κ1) is 24.3. The van der Waals surface area contributed by atoms with Crippen LogP contribution in [0, 0.1) is 0 Å². The molecule has 0 bridgehead atoms. The van der Waals surface area contributed by atoms with Crippen molar-refractivity contribution in [2.45, 2.75) is 43.0 Å². The normalized spacial score (nSPS) is 12.8. The van der Waals surface area contributed by atoms with E-state index in [1.54, 1.807) is 18.2 Å². The second-order valence-corrected chi connectivity index (χ2v) is 9.34. The van der Waals surface area contributed by atoms with Gasteiger partial charge in [-0.25, -0.2) is 13.1 Å². The third kappa shape index (κ3) is 6.25. The van der Waals surface area contributed by atoms with Gasteiger partial charge in [0.15, 0.2) is 5.78 Å². The Hall–Kier alpha value is -2.00. The third-order valence-electron chi connectivity index (χ3n) is 5.11. The van der Waals surface area contributed by atoms with E-state index in [0.29, 0.717) is 44.2 Å². The molecule has 2 aromatic rings. The molecule has 0 aliphatic heterocycles. The summed E-state index contributed by atoms with van der Waals surface area (Å²) in [5.74, 6) is -0.0833. The van der Waals surface area contributed by atoms with Gasteiger partial charge in [0.2, 0.25) is 10.0 Å². The molecule has 4 N–H and O–H groups in total. The molecule has 0 saturated heterocycles. The lowest BCUT2D eigenvalue weighted by Crippen LogP contribution is -2.41. The molecule has 166 valence electrons. The maximum atomic E-state index is 13.3. The van der Waals surface area contributed by atoms with Crippen LogP contribution in [0.1, 0.15) is 32.1 Å². The fraction of sp³-hybridized carbons (Fsp3) is 0.500. The van der Waals surface area contributed by atoms with Crippen LogP contribution in [0.3, 0.4) is 0 Å². The molecule has 8 heteroatoms. The van der Waals surface area contributed by atoms with E-state index in [1.165, 1.54) is 0 Å². The van der Waals surface area contributed by atoms with Gasteiger partial charge in [-0.15, -0.1) is 0 Å². The van der Waals surface area contributed by atoms with Crippen LogP contribution in [-0.4, -0.2) is 54.5 Å². The average molecular weight is 435 g/mol. The third-order valence-corrected chi connectivity index (χ3v) is 6.64. The maximum absolute atomic E-state index is 13.3. The fourth-order valence-corrected chi connectivity index (χ4v) is 5.01. The Morgan fingerprint density at radius 1 is 1.07 bits per heavy atom. The van der Waals surface area contributed by atoms with Crippen LogP contribution in [0.4, 0.5) is 5.69 Å². The highest BCUT2D eigenvalue weighted by molar-refractivity contribution is 7.89. The van der Waals surface area contributed by atoms with Gasteiger partial charge < -0.3 is 16.0 Å². The summed E-state index contributed by atoms with van der Waals surface area (Å²) in [5.41, 5.74) is 6.51. The minimum absolute atomic E-state index is 0.0833. The topological polar surface area (TPSA) is 105 Å². The highest BCUT2D eigenvalue weighted by atomic mass is 32.2. The first-order valence-electron chi connectivity index (χ1n) is 10.4. The predicted octanol–water partition coefficient (Wildman–Crippen LogP) is 2.25. The van der Waals surface area contributed by atoms with Crippen molar-refractivity contribution < 1.29 is 13.2 Å². The first-order valence-corrected chi connectivity index (χ1v) is 11.9. The number of rotatable bonds is 13. The summed E-state index contributed by atoms with van der Waals surface area (Å²) in [6, 6.07) is 10.1. The zero-order valence-corrected chi connectivity index (χ0v) is 19.0. The highest BCUT2D eigenvalue weighted by Gasteiger charge is 2.26. The molecular weight excluding hydrogens is 400 g/mol. The molecule has 30 heavy (non-hydrogen) atoms. The second-order valence-electron chi connectivity index (χ2n) is 7.65. The van der Waals surface area contributed by atoms with Crippen molar-refractivity contribution in [3.63, 3.8) is 0 Å². The highest BCUT2D eigenvalue weighted by Crippen LogP contribution is 2.30. The van der Waals surface area contributed by atoms with E-state index in [0.717, 1.165) is 17.5 Å². The number of unbranched alkanes of at least 4 members (excludes halogenated alkanes) is 1. The fourth-order valence-electron chi connectivity index (χ4n) is 3.53. The molecule has 0 aliphatic rings. The molecule has 1 atom stereocenters. The number of sulfonamides is 1. The first-order chi connectivity index (χ1) is 14.3. The van der Waals surface area contributed by atoms with Gasteiger partial charge in [0.05, 0.1) is 10.9 Å². The predicted molar refractivity (Wildman–Crippen MR) is 123 cm³/mol. The summed E-state index contributed by atoms with van der Waals surface area (Å²) in [6.07, 6.45) is 2.90. The molecular formula is C22H34N4O3S. The minimum atomic E-state index is -3.88. The molecule has 7 nitrogen and oxygen atoms in total. The molecule has 0 aliphatic carbocycles. The Kier molecular flexibility index (Phi) is 9.23. The summed E-state index contributed by atoms with van der Waals surface area (Å²) >= 11 is 0. The largest absolute Gasteiger partial charge is 0.377 e. The number of carbonyl (C=O) groups is 1. The van der Waals surface area contributed by atoms with Gasteiger partial charge in [0.1, 0.15) is 0 Å². The van der Waals surface area contributed by atoms with E-state index in [1.807, 2.05) is 44.2 Å². The van der Waals surface area contributed by atoms with E-state index >= 15 is 0 Å². The van der Waals surface area contributed by atoms with Gasteiger partial charge in [0, 0.05) is 37.0 Å². The lowest BCUT2D eigenvalue weighted by molar-refractivity contribution is -0.120. The number of Topliss-reactive ketones (excluding diaryl/α,β-unsaturated/α-hetero) is 1. The van der Waals surface area contributed by atoms with Gasteiger partial charge in [-0.2, -0.15) is 0 Å². The van der Waals surface area contributed by atoms with Crippen LogP contribution >= 0.6 is 0 Å². The Labute approximate surface area is 180 Å². The van der Waals surface area contributed by atoms with Crippen LogP contribution in [0.25, 0.3) is 10.8 Å². The number of fused-ring (bicyclic) bond motifs is 1. The van der Waals surface area contributed by atoms with E-state index in [9.17, 15) is 13.2 Å². The lowest BCUT2D eigenvalue weighted by Gasteiger charge is -2.20. The van der Waals surface area contributed by atoms with E-state index < -0.39 is 16.1 Å². The maximum Gasteiger partial charge on any atom is 0.241 e. The van der Waals surface area contributed by atoms with Crippen molar-refractivity contribution in [1.29, 1.82) is 0 Å². The summed E-state index contributed by atoms with van der Waals surface area (Å²) in [6.45, 7) is 1.23. The van der Waals surface area contributed by atoms with Gasteiger partial charge >= 0.3 is 0 Å². The summed E-state index contributed by atoms with van der Waals surface area (Å²) < 4.78 is 29.3. The average Bonchev–Trinajstić information content (AvgIpc) is 2.72. The number of hydrogen-bond acceptors (Lipinski definition) is 6. The van der Waals surface area contributed by atoms with Crippen LogP contribution < -0.4 is 20.7 Å². The van der Waals surface area contributed by atoms with Gasteiger partial charge in [-0.05, 0) is 51.5 Å². The molecule has 2 rings (SSSR count). The second kappa shape index (κ2) is 11.4. The quantitative estimate of drug-likeness (QED) is 0.418. The monoisotopic (exact) mass is 434 g/mol. The van der Waals surface area contributed by atoms with Gasteiger partial charge in [-0.1, -0.05) is 30.7 Å². The number of nitrogens with one attached hydrogen (secondary N) is 2. The Morgan fingerprint density at radius 2 is 1.77 bits per heavy atom. The number of benzene rings is 2. The van der Waals surface area contributed by atoms with Crippen molar-refractivity contribution in [3.8, 4) is 0 Å². The molecule has 2 aromatic carbocycles. The van der Waals surface area contributed by atoms with Crippen molar-refractivity contribution >= 4 is 32.3 Å². The van der Waals surface area contributed by atoms with Crippen LogP contribution in [0.2, 0.25) is 0 Å². The molecule has 0 aromatic heterocycles. The van der Waals surface area contributed by atoms with Crippen LogP contribution in [-0.2, 0) is 14.8 Å². The summed E-state index contributed by atoms with van der Waals surface area (Å²) in [7, 11) is 1.79. The SMILES string of the molecule is CNCCCC(=O)[C@@H](CCCCN)NS(=O)(=O)c1cccc2c(N(C)C)cccc12. The van der Waals surface area contributed by atoms with Crippen molar-refractivity contribution in [1.82, 2.24) is 10.0 Å². The number of nitrogens with zero attached hydrogens (tertiary/aromatic N) is 1. The molecule has 0 fully saturated rings. The number of ketones is 1. The molecule has 0 saturated carbocycles. The van der Waals surface area contributed by atoms with Crippen LogP contribution in [0.15, 0.2) is 41.3 Å². The minimum Gasteiger partial charge on any atom is -0.377 e. The lowest BCUT2D eigenvalue weighted by atomic mass is 10.0.